The van der Waals surface area contributed by atoms with Gasteiger partial charge in [-0.15, -0.1) is 0 Å². The van der Waals surface area contributed by atoms with E-state index in [1.807, 2.05) is 6.92 Å². The lowest BCUT2D eigenvalue weighted by molar-refractivity contribution is 0.0768. The number of hydrogen-bond acceptors (Lipinski definition) is 4. The summed E-state index contributed by atoms with van der Waals surface area (Å²) in [6.45, 7) is 2.36. The molecule has 0 saturated carbocycles. The third-order valence-corrected chi connectivity index (χ3v) is 1.66. The Labute approximate surface area is 82.3 Å². The Kier molecular flexibility index (Phi) is 3.64. The van der Waals surface area contributed by atoms with Gasteiger partial charge in [-0.2, -0.15) is 0 Å². The van der Waals surface area contributed by atoms with Gasteiger partial charge in [0.1, 0.15) is 11.3 Å². The van der Waals surface area contributed by atoms with E-state index < -0.39 is 5.97 Å². The molecular weight excluding hydrogens is 188 g/mol. The molecule has 0 amide bonds. The van der Waals surface area contributed by atoms with Gasteiger partial charge in [0.15, 0.2) is 0 Å². The van der Waals surface area contributed by atoms with Crippen LogP contribution >= 0.6 is 12.9 Å². The number of rotatable bonds is 3. The van der Waals surface area contributed by atoms with Crippen molar-refractivity contribution < 1.29 is 13.7 Å². The number of carbonyl (C=O) groups excluding carboxylic acids is 1. The van der Waals surface area contributed by atoms with Crippen molar-refractivity contribution in [2.45, 2.75) is 6.92 Å². The van der Waals surface area contributed by atoms with Gasteiger partial charge < -0.3 is 8.92 Å². The molecule has 0 aliphatic rings. The SMILES string of the molecule is CCOc1ccccc1C(=O)OS. The third-order valence-electron chi connectivity index (χ3n) is 1.49. The van der Waals surface area contributed by atoms with E-state index in [0.29, 0.717) is 17.9 Å². The molecule has 0 saturated heterocycles. The first-order chi connectivity index (χ1) is 6.29. The van der Waals surface area contributed by atoms with Crippen molar-refractivity contribution in [1.29, 1.82) is 0 Å². The first-order valence-electron chi connectivity index (χ1n) is 3.87. The zero-order valence-corrected chi connectivity index (χ0v) is 8.08. The van der Waals surface area contributed by atoms with Gasteiger partial charge in [-0.25, -0.2) is 4.79 Å². The Morgan fingerprint density at radius 2 is 2.15 bits per heavy atom. The molecule has 0 fully saturated rings. The van der Waals surface area contributed by atoms with Crippen LogP contribution in [0.5, 0.6) is 5.75 Å². The Morgan fingerprint density at radius 3 is 2.77 bits per heavy atom. The van der Waals surface area contributed by atoms with Gasteiger partial charge in [0.05, 0.1) is 6.61 Å². The maximum Gasteiger partial charge on any atom is 0.353 e. The topological polar surface area (TPSA) is 35.5 Å². The van der Waals surface area contributed by atoms with Crippen molar-refractivity contribution in [1.82, 2.24) is 0 Å². The van der Waals surface area contributed by atoms with Crippen LogP contribution in [0.3, 0.4) is 0 Å². The highest BCUT2D eigenvalue weighted by atomic mass is 32.1. The average Bonchev–Trinajstić information content (AvgIpc) is 2.18. The predicted octanol–water partition coefficient (Wildman–Crippen LogP) is 2.09. The smallest absolute Gasteiger partial charge is 0.353 e. The van der Waals surface area contributed by atoms with Crippen LogP contribution in [0, 0.1) is 0 Å². The quantitative estimate of drug-likeness (QED) is 0.596. The third kappa shape index (κ3) is 2.39. The van der Waals surface area contributed by atoms with E-state index in [2.05, 4.69) is 17.1 Å². The molecule has 1 rings (SSSR count). The van der Waals surface area contributed by atoms with Crippen molar-refractivity contribution in [2.24, 2.45) is 0 Å². The predicted molar refractivity (Wildman–Crippen MR) is 52.0 cm³/mol. The summed E-state index contributed by atoms with van der Waals surface area (Å²) < 4.78 is 9.52. The molecule has 0 aliphatic carbocycles. The second-order valence-corrected chi connectivity index (χ2v) is 2.49. The van der Waals surface area contributed by atoms with Gasteiger partial charge >= 0.3 is 5.97 Å². The van der Waals surface area contributed by atoms with Crippen LogP contribution in [0.2, 0.25) is 0 Å². The summed E-state index contributed by atoms with van der Waals surface area (Å²) in [4.78, 5) is 11.1. The highest BCUT2D eigenvalue weighted by Gasteiger charge is 2.11. The van der Waals surface area contributed by atoms with Gasteiger partial charge in [0.2, 0.25) is 0 Å². The molecule has 0 unspecified atom stereocenters. The number of carbonyl (C=O) groups is 1. The van der Waals surface area contributed by atoms with Crippen molar-refractivity contribution >= 4 is 18.9 Å². The van der Waals surface area contributed by atoms with Crippen LogP contribution in [-0.2, 0) is 4.18 Å². The molecule has 4 heteroatoms. The van der Waals surface area contributed by atoms with Crippen molar-refractivity contribution in [3.05, 3.63) is 29.8 Å². The summed E-state index contributed by atoms with van der Waals surface area (Å²) in [5.74, 6) is 0.0106. The summed E-state index contributed by atoms with van der Waals surface area (Å²) in [5, 5.41) is 0. The van der Waals surface area contributed by atoms with Gasteiger partial charge in [-0.3, -0.25) is 0 Å². The molecule has 0 radical (unpaired) electrons. The first-order valence-corrected chi connectivity index (χ1v) is 4.23. The van der Waals surface area contributed by atoms with Gasteiger partial charge in [-0.05, 0) is 19.1 Å². The minimum atomic E-state index is -0.507. The highest BCUT2D eigenvalue weighted by molar-refractivity contribution is 7.75. The molecule has 13 heavy (non-hydrogen) atoms. The molecule has 70 valence electrons. The molecule has 1 aromatic rings. The summed E-state index contributed by atoms with van der Waals surface area (Å²) in [7, 11) is 0. The molecule has 0 atom stereocenters. The van der Waals surface area contributed by atoms with E-state index in [1.54, 1.807) is 24.3 Å². The Morgan fingerprint density at radius 1 is 1.46 bits per heavy atom. The molecule has 0 aliphatic heterocycles. The molecule has 0 N–H and O–H groups in total. The van der Waals surface area contributed by atoms with Crippen LogP contribution in [-0.4, -0.2) is 12.6 Å². The molecule has 0 bridgehead atoms. The molecule has 0 heterocycles. The maximum atomic E-state index is 11.1. The Bertz CT molecular complexity index is 299. The molecular formula is C9H10O3S. The summed E-state index contributed by atoms with van der Waals surface area (Å²) in [5.41, 5.74) is 0.388. The fourth-order valence-corrected chi connectivity index (χ4v) is 1.06. The summed E-state index contributed by atoms with van der Waals surface area (Å²) in [6, 6.07) is 6.87. The monoisotopic (exact) mass is 198 g/mol. The molecule has 0 spiro atoms. The van der Waals surface area contributed by atoms with Crippen LogP contribution in [0.1, 0.15) is 17.3 Å². The van der Waals surface area contributed by atoms with E-state index in [9.17, 15) is 4.79 Å². The Balaban J connectivity index is 2.97. The lowest BCUT2D eigenvalue weighted by Gasteiger charge is -2.06. The second kappa shape index (κ2) is 4.77. The molecule has 0 aromatic heterocycles. The number of hydrogen-bond donors (Lipinski definition) is 1. The lowest BCUT2D eigenvalue weighted by atomic mass is 10.2. The van der Waals surface area contributed by atoms with Gasteiger partial charge in [0, 0.05) is 12.9 Å². The minimum absolute atomic E-state index is 0.388. The zero-order chi connectivity index (χ0) is 9.68. The zero-order valence-electron chi connectivity index (χ0n) is 7.19. The standard InChI is InChI=1S/C9H10O3S/c1-2-11-8-6-4-3-5-7(8)9(10)12-13/h3-6,13H,2H2,1H3. The highest BCUT2D eigenvalue weighted by Crippen LogP contribution is 2.18. The van der Waals surface area contributed by atoms with Crippen LogP contribution in [0.25, 0.3) is 0 Å². The fraction of sp³-hybridized carbons (Fsp3) is 0.222. The lowest BCUT2D eigenvalue weighted by Crippen LogP contribution is -2.03. The Hall–Kier alpha value is -1.16. The van der Waals surface area contributed by atoms with Crippen molar-refractivity contribution in [2.75, 3.05) is 6.61 Å². The van der Waals surface area contributed by atoms with E-state index >= 15 is 0 Å². The van der Waals surface area contributed by atoms with E-state index in [0.717, 1.165) is 0 Å². The average molecular weight is 198 g/mol. The molecule has 1 aromatic carbocycles. The van der Waals surface area contributed by atoms with Crippen LogP contribution < -0.4 is 4.74 Å². The normalized spacial score (nSPS) is 9.38. The maximum absolute atomic E-state index is 11.1. The van der Waals surface area contributed by atoms with Gasteiger partial charge in [0.25, 0.3) is 0 Å². The van der Waals surface area contributed by atoms with Crippen molar-refractivity contribution in [3.63, 3.8) is 0 Å². The fourth-order valence-electron chi connectivity index (χ4n) is 0.966. The summed E-state index contributed by atoms with van der Waals surface area (Å²) >= 11 is 3.44. The van der Waals surface area contributed by atoms with E-state index in [-0.39, 0.29) is 0 Å². The van der Waals surface area contributed by atoms with Crippen LogP contribution in [0.4, 0.5) is 0 Å². The largest absolute Gasteiger partial charge is 0.493 e. The van der Waals surface area contributed by atoms with Crippen LogP contribution in [0.15, 0.2) is 24.3 Å². The molecule has 3 nitrogen and oxygen atoms in total. The number of thiol groups is 1. The number of ether oxygens (including phenoxy) is 1. The van der Waals surface area contributed by atoms with Gasteiger partial charge in [-0.1, -0.05) is 12.1 Å². The minimum Gasteiger partial charge on any atom is -0.493 e. The summed E-state index contributed by atoms with van der Waals surface area (Å²) in [6.07, 6.45) is 0. The number of para-hydroxylation sites is 1. The first kappa shape index (κ1) is 9.92. The van der Waals surface area contributed by atoms with Crippen molar-refractivity contribution in [3.8, 4) is 5.75 Å². The van der Waals surface area contributed by atoms with E-state index in [1.165, 1.54) is 0 Å². The van der Waals surface area contributed by atoms with E-state index in [4.69, 9.17) is 4.74 Å². The second-order valence-electron chi connectivity index (χ2n) is 2.31. The number of benzene rings is 1.